The molecule has 0 N–H and O–H groups in total. The smallest absolute Gasteiger partial charge is 0.223 e. The highest BCUT2D eigenvalue weighted by Crippen LogP contribution is 2.14. The van der Waals surface area contributed by atoms with Crippen molar-refractivity contribution in [2.45, 2.75) is 0 Å². The van der Waals surface area contributed by atoms with Gasteiger partial charge in [-0.3, -0.25) is 0 Å². The summed E-state index contributed by atoms with van der Waals surface area (Å²) in [5, 5.41) is 0.196. The Labute approximate surface area is 67.1 Å². The van der Waals surface area contributed by atoms with Gasteiger partial charge in [-0.1, -0.05) is 0 Å². The van der Waals surface area contributed by atoms with Gasteiger partial charge in [0.05, 0.1) is 13.1 Å². The maximum atomic E-state index is 7.19. The highest BCUT2D eigenvalue weighted by molar-refractivity contribution is 7.16. The van der Waals surface area contributed by atoms with Gasteiger partial charge in [-0.15, -0.1) is 11.3 Å². The molecular weight excluding hydrogens is 170 g/mol. The molecule has 0 aliphatic heterocycles. The maximum Gasteiger partial charge on any atom is 0.223 e. The third kappa shape index (κ3) is 0.853. The second kappa shape index (κ2) is 2.14. The monoisotopic (exact) mass is 172 g/mol. The first-order chi connectivity index (χ1) is 5.25. The predicted octanol–water partition coefficient (Wildman–Crippen LogP) is 1.74. The molecule has 10 heavy (non-hydrogen) atoms. The average Bonchev–Trinajstić information content (AvgIpc) is 2.27. The molecule has 0 fully saturated rings. The number of hydrogen-bond donors (Lipinski definition) is 0. The molecule has 2 aromatic heterocycles. The standard InChI is InChI=1S/C5H2ClN3S/c6-5-7-1-3-4(9-5)10-2-8-3/h1-2H/i2D. The van der Waals surface area contributed by atoms with Gasteiger partial charge in [-0.25, -0.2) is 15.0 Å². The van der Waals surface area contributed by atoms with Gasteiger partial charge in [0.25, 0.3) is 0 Å². The van der Waals surface area contributed by atoms with Crippen LogP contribution in [0, 0.1) is 0 Å². The topological polar surface area (TPSA) is 38.7 Å². The molecule has 2 aromatic rings. The molecule has 2 heterocycles. The largest absolute Gasteiger partial charge is 0.241 e. The van der Waals surface area contributed by atoms with E-state index >= 15 is 0 Å². The van der Waals surface area contributed by atoms with Crippen molar-refractivity contribution >= 4 is 33.3 Å². The van der Waals surface area contributed by atoms with Crippen molar-refractivity contribution in [1.82, 2.24) is 15.0 Å². The molecular formula is C5H2ClN3S. The van der Waals surface area contributed by atoms with Gasteiger partial charge in [-0.2, -0.15) is 0 Å². The van der Waals surface area contributed by atoms with Crippen LogP contribution in [-0.2, 0) is 0 Å². The van der Waals surface area contributed by atoms with E-state index in [1.54, 1.807) is 0 Å². The molecule has 0 saturated carbocycles. The molecule has 0 saturated heterocycles. The second-order valence-electron chi connectivity index (χ2n) is 1.63. The average molecular weight is 173 g/mol. The Balaban J connectivity index is 2.82. The highest BCUT2D eigenvalue weighted by atomic mass is 35.5. The Bertz CT molecular complexity index is 402. The molecule has 0 aromatic carbocycles. The Kier molecular flexibility index (Phi) is 1.07. The van der Waals surface area contributed by atoms with E-state index in [9.17, 15) is 0 Å². The Morgan fingerprint density at radius 1 is 1.60 bits per heavy atom. The number of halogens is 1. The summed E-state index contributed by atoms with van der Waals surface area (Å²) in [6.45, 7) is 0. The van der Waals surface area contributed by atoms with Crippen molar-refractivity contribution in [2.75, 3.05) is 0 Å². The molecule has 0 atom stereocenters. The maximum absolute atomic E-state index is 7.19. The van der Waals surface area contributed by atoms with Crippen molar-refractivity contribution in [3.63, 3.8) is 0 Å². The van der Waals surface area contributed by atoms with E-state index in [1.165, 1.54) is 17.5 Å². The SMILES string of the molecule is [2H]c1nc2cnc(Cl)nc2s1. The molecule has 0 amide bonds. The van der Waals surface area contributed by atoms with Crippen molar-refractivity contribution in [3.05, 3.63) is 17.0 Å². The second-order valence-corrected chi connectivity index (χ2v) is 2.75. The van der Waals surface area contributed by atoms with Crippen LogP contribution in [0.4, 0.5) is 0 Å². The number of hydrogen-bond acceptors (Lipinski definition) is 4. The van der Waals surface area contributed by atoms with E-state index in [4.69, 9.17) is 13.0 Å². The zero-order chi connectivity index (χ0) is 7.84. The molecule has 0 radical (unpaired) electrons. The molecule has 0 aliphatic rings. The van der Waals surface area contributed by atoms with Crippen LogP contribution in [0.25, 0.3) is 10.3 Å². The Hall–Kier alpha value is -0.740. The van der Waals surface area contributed by atoms with Crippen LogP contribution in [0.15, 0.2) is 11.7 Å². The van der Waals surface area contributed by atoms with Gasteiger partial charge >= 0.3 is 0 Å². The minimum atomic E-state index is 0.196. The van der Waals surface area contributed by atoms with Crippen molar-refractivity contribution < 1.29 is 1.37 Å². The van der Waals surface area contributed by atoms with Crippen LogP contribution in [0.1, 0.15) is 1.37 Å². The summed E-state index contributed by atoms with van der Waals surface area (Å²) >= 11 is 6.71. The van der Waals surface area contributed by atoms with Crippen molar-refractivity contribution in [2.24, 2.45) is 0 Å². The molecule has 0 aliphatic carbocycles. The summed E-state index contributed by atoms with van der Waals surface area (Å²) in [5.41, 5.74) is 0.862. The van der Waals surface area contributed by atoms with Crippen molar-refractivity contribution in [3.8, 4) is 0 Å². The van der Waals surface area contributed by atoms with E-state index in [0.717, 1.165) is 0 Å². The van der Waals surface area contributed by atoms with E-state index in [2.05, 4.69) is 15.0 Å². The molecule has 50 valence electrons. The van der Waals surface area contributed by atoms with Gasteiger partial charge in [-0.05, 0) is 11.6 Å². The summed E-state index contributed by atoms with van der Waals surface area (Å²) in [4.78, 5) is 12.1. The normalized spacial score (nSPS) is 11.9. The van der Waals surface area contributed by atoms with Crippen molar-refractivity contribution in [1.29, 1.82) is 0 Å². The van der Waals surface area contributed by atoms with E-state index in [1.807, 2.05) is 0 Å². The Morgan fingerprint density at radius 2 is 2.50 bits per heavy atom. The number of aromatic nitrogens is 3. The van der Waals surface area contributed by atoms with E-state index < -0.39 is 0 Å². The van der Waals surface area contributed by atoms with Gasteiger partial charge in [0.2, 0.25) is 5.28 Å². The lowest BCUT2D eigenvalue weighted by Crippen LogP contribution is -1.78. The quantitative estimate of drug-likeness (QED) is 0.569. The molecule has 5 heteroatoms. The fourth-order valence-corrected chi connectivity index (χ4v) is 1.36. The summed E-state index contributed by atoms with van der Waals surface area (Å²) in [6, 6.07) is 0. The Morgan fingerprint density at radius 3 is 3.40 bits per heavy atom. The first kappa shape index (κ1) is 4.98. The van der Waals surface area contributed by atoms with Gasteiger partial charge < -0.3 is 0 Å². The lowest BCUT2D eigenvalue weighted by Gasteiger charge is -1.85. The fraction of sp³-hybridized carbons (Fsp3) is 0. The fourth-order valence-electron chi connectivity index (χ4n) is 0.607. The minimum Gasteiger partial charge on any atom is -0.241 e. The van der Waals surface area contributed by atoms with Crippen LogP contribution >= 0.6 is 22.9 Å². The van der Waals surface area contributed by atoms with Crippen LogP contribution in [0.5, 0.6) is 0 Å². The van der Waals surface area contributed by atoms with Crippen LogP contribution < -0.4 is 0 Å². The summed E-state index contributed by atoms with van der Waals surface area (Å²) in [5.74, 6) is 0. The van der Waals surface area contributed by atoms with Gasteiger partial charge in [0, 0.05) is 0 Å². The zero-order valence-electron chi connectivity index (χ0n) is 5.71. The first-order valence-corrected chi connectivity index (χ1v) is 3.71. The molecule has 0 bridgehead atoms. The van der Waals surface area contributed by atoms with Crippen LogP contribution in [0.3, 0.4) is 0 Å². The third-order valence-corrected chi connectivity index (χ3v) is 1.87. The minimum absolute atomic E-state index is 0.196. The number of nitrogens with zero attached hydrogens (tertiary/aromatic N) is 3. The highest BCUT2D eigenvalue weighted by Gasteiger charge is 1.97. The lowest BCUT2D eigenvalue weighted by molar-refractivity contribution is 1.22. The molecule has 0 unspecified atom stereocenters. The number of rotatable bonds is 0. The molecule has 0 spiro atoms. The zero-order valence-corrected chi connectivity index (χ0v) is 6.28. The molecule has 2 rings (SSSR count). The van der Waals surface area contributed by atoms with Crippen LogP contribution in [0.2, 0.25) is 5.28 Å². The van der Waals surface area contributed by atoms with Gasteiger partial charge in [0.15, 0.2) is 0 Å². The van der Waals surface area contributed by atoms with Crippen LogP contribution in [-0.4, -0.2) is 15.0 Å². The first-order valence-electron chi connectivity index (χ1n) is 3.01. The number of thiazole rings is 1. The lowest BCUT2D eigenvalue weighted by atomic mass is 10.6. The third-order valence-electron chi connectivity index (χ3n) is 1.01. The summed E-state index contributed by atoms with van der Waals surface area (Å²) < 4.78 is 7.19. The van der Waals surface area contributed by atoms with E-state index in [0.29, 0.717) is 10.3 Å². The molecule has 3 nitrogen and oxygen atoms in total. The van der Waals surface area contributed by atoms with E-state index in [-0.39, 0.29) is 10.8 Å². The predicted molar refractivity (Wildman–Crippen MR) is 40.2 cm³/mol. The summed E-state index contributed by atoms with van der Waals surface area (Å²) in [6.07, 6.45) is 1.51. The van der Waals surface area contributed by atoms with Gasteiger partial charge in [0.1, 0.15) is 10.3 Å². The summed E-state index contributed by atoms with van der Waals surface area (Å²) in [7, 11) is 0. The number of fused-ring (bicyclic) bond motifs is 1.